The van der Waals surface area contributed by atoms with Gasteiger partial charge < -0.3 is 9.88 Å². The first kappa shape index (κ1) is 13.4. The van der Waals surface area contributed by atoms with E-state index < -0.39 is 0 Å². The van der Waals surface area contributed by atoms with Gasteiger partial charge in [0.15, 0.2) is 0 Å². The van der Waals surface area contributed by atoms with Gasteiger partial charge in [0.2, 0.25) is 0 Å². The molecule has 0 amide bonds. The lowest BCUT2D eigenvalue weighted by atomic mass is 10.1. The monoisotopic (exact) mass is 283 g/mol. The molecule has 2 aromatic rings. The lowest BCUT2D eigenvalue weighted by Crippen LogP contribution is -2.20. The quantitative estimate of drug-likeness (QED) is 0.930. The van der Waals surface area contributed by atoms with Gasteiger partial charge in [-0.15, -0.1) is 0 Å². The predicted octanol–water partition coefficient (Wildman–Crippen LogP) is 3.58. The molecule has 0 fully saturated rings. The summed E-state index contributed by atoms with van der Waals surface area (Å²) >= 11 is 11.9. The third kappa shape index (κ3) is 3.05. The Labute approximate surface area is 117 Å². The fourth-order valence-electron chi connectivity index (χ4n) is 1.73. The highest BCUT2D eigenvalue weighted by Crippen LogP contribution is 2.18. The fourth-order valence-corrected chi connectivity index (χ4v) is 2.07. The lowest BCUT2D eigenvalue weighted by molar-refractivity contribution is 0.549. The Morgan fingerprint density at radius 3 is 2.78 bits per heavy atom. The van der Waals surface area contributed by atoms with E-state index in [9.17, 15) is 0 Å². The van der Waals surface area contributed by atoms with E-state index in [2.05, 4.69) is 23.3 Å². The molecule has 0 bridgehead atoms. The van der Waals surface area contributed by atoms with Crippen LogP contribution in [-0.4, -0.2) is 9.55 Å². The molecule has 0 spiro atoms. The van der Waals surface area contributed by atoms with E-state index in [-0.39, 0.29) is 6.04 Å². The molecule has 1 atom stereocenters. The number of hydrogen-bond acceptors (Lipinski definition) is 2. The number of imidazole rings is 1. The number of nitrogens with one attached hydrogen (secondary N) is 1. The molecule has 0 aliphatic heterocycles. The molecular formula is C13H15Cl2N3. The number of rotatable bonds is 4. The normalized spacial score (nSPS) is 12.7. The van der Waals surface area contributed by atoms with E-state index in [0.717, 1.165) is 16.4 Å². The van der Waals surface area contributed by atoms with Crippen LogP contribution in [0.25, 0.3) is 0 Å². The molecule has 3 nitrogen and oxygen atoms in total. The third-order valence-corrected chi connectivity index (χ3v) is 3.53. The first-order chi connectivity index (χ1) is 8.58. The molecule has 0 aliphatic carbocycles. The van der Waals surface area contributed by atoms with Gasteiger partial charge in [-0.2, -0.15) is 0 Å². The van der Waals surface area contributed by atoms with Crippen LogP contribution in [0.1, 0.15) is 24.4 Å². The van der Waals surface area contributed by atoms with Crippen molar-refractivity contribution in [1.82, 2.24) is 14.9 Å². The number of benzene rings is 1. The molecule has 96 valence electrons. The van der Waals surface area contributed by atoms with E-state index in [4.69, 9.17) is 23.2 Å². The molecule has 1 aromatic heterocycles. The molecule has 18 heavy (non-hydrogen) atoms. The summed E-state index contributed by atoms with van der Waals surface area (Å²) in [6, 6.07) is 8.04. The maximum Gasteiger partial charge on any atom is 0.128 e. The minimum Gasteiger partial charge on any atom is -0.321 e. The third-order valence-electron chi connectivity index (χ3n) is 2.94. The van der Waals surface area contributed by atoms with E-state index in [1.54, 1.807) is 6.20 Å². The Kier molecular flexibility index (Phi) is 4.27. The van der Waals surface area contributed by atoms with Gasteiger partial charge in [-0.3, -0.25) is 0 Å². The number of hydrogen-bond donors (Lipinski definition) is 1. The standard InChI is InChI=1S/C13H15Cl2N3/c1-9(10-4-3-5-11(14)6-10)16-8-13-17-7-12(15)18(13)2/h3-7,9,16H,8H2,1-2H3/t9-/m0/s1. The molecule has 0 aliphatic rings. The van der Waals surface area contributed by atoms with Crippen molar-refractivity contribution in [2.45, 2.75) is 19.5 Å². The molecule has 5 heteroatoms. The Morgan fingerprint density at radius 1 is 1.39 bits per heavy atom. The average Bonchev–Trinajstić information content (AvgIpc) is 2.67. The first-order valence-corrected chi connectivity index (χ1v) is 6.48. The topological polar surface area (TPSA) is 29.9 Å². The summed E-state index contributed by atoms with van der Waals surface area (Å²) in [5.74, 6) is 0.911. The van der Waals surface area contributed by atoms with Crippen LogP contribution in [0.15, 0.2) is 30.5 Å². The minimum absolute atomic E-state index is 0.208. The number of halogens is 2. The van der Waals surface area contributed by atoms with Gasteiger partial charge in [0, 0.05) is 18.1 Å². The highest BCUT2D eigenvalue weighted by atomic mass is 35.5. The molecule has 1 heterocycles. The maximum absolute atomic E-state index is 5.97. The van der Waals surface area contributed by atoms with E-state index >= 15 is 0 Å². The van der Waals surface area contributed by atoms with Crippen molar-refractivity contribution in [2.24, 2.45) is 7.05 Å². The fraction of sp³-hybridized carbons (Fsp3) is 0.308. The van der Waals surface area contributed by atoms with Gasteiger partial charge in [0.1, 0.15) is 11.0 Å². The van der Waals surface area contributed by atoms with Crippen LogP contribution in [0, 0.1) is 0 Å². The van der Waals surface area contributed by atoms with Crippen LogP contribution in [0.2, 0.25) is 10.2 Å². The summed E-state index contributed by atoms with van der Waals surface area (Å²) in [7, 11) is 1.90. The first-order valence-electron chi connectivity index (χ1n) is 5.73. The van der Waals surface area contributed by atoms with Crippen LogP contribution in [0.3, 0.4) is 0 Å². The van der Waals surface area contributed by atoms with Crippen LogP contribution in [0.4, 0.5) is 0 Å². The summed E-state index contributed by atoms with van der Waals surface area (Å²) < 4.78 is 1.86. The van der Waals surface area contributed by atoms with Gasteiger partial charge in [0.25, 0.3) is 0 Å². The van der Waals surface area contributed by atoms with Crippen molar-refractivity contribution in [3.63, 3.8) is 0 Å². The maximum atomic E-state index is 5.97. The molecule has 0 saturated carbocycles. The highest BCUT2D eigenvalue weighted by molar-refractivity contribution is 6.30. The summed E-state index contributed by atoms with van der Waals surface area (Å²) in [6.07, 6.45) is 1.66. The predicted molar refractivity (Wildman–Crippen MR) is 74.9 cm³/mol. The van der Waals surface area contributed by atoms with Gasteiger partial charge in [-0.05, 0) is 24.6 Å². The molecular weight excluding hydrogens is 269 g/mol. The Morgan fingerprint density at radius 2 is 2.17 bits per heavy atom. The Bertz CT molecular complexity index is 537. The summed E-state index contributed by atoms with van der Waals surface area (Å²) in [5, 5.41) is 4.79. The van der Waals surface area contributed by atoms with Crippen LogP contribution >= 0.6 is 23.2 Å². The summed E-state index contributed by atoms with van der Waals surface area (Å²) in [6.45, 7) is 2.76. The Hall–Kier alpha value is -1.03. The van der Waals surface area contributed by atoms with Gasteiger partial charge in [0.05, 0.1) is 12.7 Å². The molecule has 1 N–H and O–H groups in total. The molecule has 1 aromatic carbocycles. The van der Waals surface area contributed by atoms with E-state index in [1.807, 2.05) is 29.8 Å². The van der Waals surface area contributed by atoms with E-state index in [1.165, 1.54) is 0 Å². The second-order valence-corrected chi connectivity index (χ2v) is 5.04. The summed E-state index contributed by atoms with van der Waals surface area (Å²) in [4.78, 5) is 4.24. The number of nitrogens with zero attached hydrogens (tertiary/aromatic N) is 2. The molecule has 0 saturated heterocycles. The van der Waals surface area contributed by atoms with Crippen molar-refractivity contribution in [2.75, 3.05) is 0 Å². The summed E-state index contributed by atoms with van der Waals surface area (Å²) in [5.41, 5.74) is 1.16. The van der Waals surface area contributed by atoms with Crippen LogP contribution in [0.5, 0.6) is 0 Å². The zero-order chi connectivity index (χ0) is 13.1. The van der Waals surface area contributed by atoms with Crippen molar-refractivity contribution < 1.29 is 0 Å². The second kappa shape index (κ2) is 5.74. The zero-order valence-electron chi connectivity index (χ0n) is 10.3. The van der Waals surface area contributed by atoms with Gasteiger partial charge >= 0.3 is 0 Å². The van der Waals surface area contributed by atoms with E-state index in [0.29, 0.717) is 11.7 Å². The zero-order valence-corrected chi connectivity index (χ0v) is 11.8. The molecule has 0 radical (unpaired) electrons. The van der Waals surface area contributed by atoms with Gasteiger partial charge in [-0.1, -0.05) is 35.3 Å². The lowest BCUT2D eigenvalue weighted by Gasteiger charge is -2.14. The smallest absolute Gasteiger partial charge is 0.128 e. The Balaban J connectivity index is 2.00. The van der Waals surface area contributed by atoms with Crippen molar-refractivity contribution in [3.8, 4) is 0 Å². The van der Waals surface area contributed by atoms with Crippen molar-refractivity contribution in [1.29, 1.82) is 0 Å². The van der Waals surface area contributed by atoms with Crippen molar-refractivity contribution >= 4 is 23.2 Å². The highest BCUT2D eigenvalue weighted by Gasteiger charge is 2.08. The molecule has 0 unspecified atom stereocenters. The second-order valence-electron chi connectivity index (χ2n) is 4.21. The van der Waals surface area contributed by atoms with Crippen LogP contribution < -0.4 is 5.32 Å². The SMILES string of the molecule is C[C@H](NCc1ncc(Cl)n1C)c1cccc(Cl)c1. The number of aromatic nitrogens is 2. The van der Waals surface area contributed by atoms with Crippen molar-refractivity contribution in [3.05, 3.63) is 52.0 Å². The van der Waals surface area contributed by atoms with Crippen LogP contribution in [-0.2, 0) is 13.6 Å². The minimum atomic E-state index is 0.208. The van der Waals surface area contributed by atoms with Gasteiger partial charge in [-0.25, -0.2) is 4.98 Å². The largest absolute Gasteiger partial charge is 0.321 e. The average molecular weight is 284 g/mol. The molecule has 2 rings (SSSR count).